The van der Waals surface area contributed by atoms with E-state index in [0.29, 0.717) is 25.4 Å². The third-order valence-corrected chi connectivity index (χ3v) is 4.69. The minimum atomic E-state index is -0.781. The van der Waals surface area contributed by atoms with Gasteiger partial charge in [-0.25, -0.2) is 9.97 Å². The first-order chi connectivity index (χ1) is 8.90. The molecule has 1 heterocycles. The van der Waals surface area contributed by atoms with Crippen molar-refractivity contribution in [2.75, 3.05) is 18.5 Å². The van der Waals surface area contributed by atoms with E-state index in [0.717, 1.165) is 4.47 Å². The fourth-order valence-electron chi connectivity index (χ4n) is 2.43. The zero-order valence-corrected chi connectivity index (χ0v) is 13.1. The molecule has 0 spiro atoms. The lowest BCUT2D eigenvalue weighted by Crippen LogP contribution is -2.67. The lowest BCUT2D eigenvalue weighted by atomic mass is 9.56. The Morgan fingerprint density at radius 1 is 1.58 bits per heavy atom. The average molecular weight is 330 g/mol. The Hall–Kier alpha value is -0.720. The molecule has 1 aliphatic rings. The van der Waals surface area contributed by atoms with Gasteiger partial charge in [-0.15, -0.1) is 0 Å². The molecule has 0 aliphatic heterocycles. The second-order valence-corrected chi connectivity index (χ2v) is 6.33. The molecule has 1 aromatic rings. The molecule has 1 fully saturated rings. The van der Waals surface area contributed by atoms with E-state index < -0.39 is 5.60 Å². The van der Waals surface area contributed by atoms with Crippen molar-refractivity contribution in [3.63, 3.8) is 0 Å². The highest BCUT2D eigenvalue weighted by molar-refractivity contribution is 9.10. The van der Waals surface area contributed by atoms with Gasteiger partial charge in [0, 0.05) is 31.2 Å². The van der Waals surface area contributed by atoms with Crippen LogP contribution in [0.1, 0.15) is 27.2 Å². The maximum absolute atomic E-state index is 10.7. The van der Waals surface area contributed by atoms with Crippen LogP contribution in [0.25, 0.3) is 0 Å². The summed E-state index contributed by atoms with van der Waals surface area (Å²) in [5.74, 6) is 0.694. The van der Waals surface area contributed by atoms with E-state index in [1.807, 2.05) is 20.8 Å². The second kappa shape index (κ2) is 5.34. The number of nitrogens with one attached hydrogen (secondary N) is 1. The monoisotopic (exact) mass is 329 g/mol. The summed E-state index contributed by atoms with van der Waals surface area (Å²) in [5.41, 5.74) is -1.05. The first-order valence-corrected chi connectivity index (χ1v) is 7.23. The molecule has 2 N–H and O–H groups in total. The molecule has 0 aromatic carbocycles. The minimum absolute atomic E-state index is 0.109. The number of aromatic nitrogens is 2. The van der Waals surface area contributed by atoms with Gasteiger partial charge in [0.25, 0.3) is 0 Å². The Balaban J connectivity index is 1.99. The maximum Gasteiger partial charge on any atom is 0.143 e. The molecule has 1 aromatic heterocycles. The van der Waals surface area contributed by atoms with Gasteiger partial charge in [-0.05, 0) is 22.9 Å². The first-order valence-electron chi connectivity index (χ1n) is 6.44. The number of rotatable bonds is 5. The fourth-order valence-corrected chi connectivity index (χ4v) is 2.80. The average Bonchev–Trinajstić information content (AvgIpc) is 2.37. The number of hydrogen-bond donors (Lipinski definition) is 2. The number of hydrogen-bond acceptors (Lipinski definition) is 5. The zero-order valence-electron chi connectivity index (χ0n) is 11.5. The lowest BCUT2D eigenvalue weighted by Gasteiger charge is -2.58. The summed E-state index contributed by atoms with van der Waals surface area (Å²) in [7, 11) is 0. The quantitative estimate of drug-likeness (QED) is 0.866. The summed E-state index contributed by atoms with van der Waals surface area (Å²) in [5, 5.41) is 13.9. The second-order valence-electron chi connectivity index (χ2n) is 5.47. The Labute approximate surface area is 121 Å². The van der Waals surface area contributed by atoms with Crippen molar-refractivity contribution >= 4 is 21.7 Å². The van der Waals surface area contributed by atoms with Gasteiger partial charge in [0.1, 0.15) is 12.1 Å². The van der Waals surface area contributed by atoms with Crippen LogP contribution >= 0.6 is 15.9 Å². The smallest absolute Gasteiger partial charge is 0.143 e. The van der Waals surface area contributed by atoms with Gasteiger partial charge >= 0.3 is 0 Å². The highest BCUT2D eigenvalue weighted by atomic mass is 79.9. The van der Waals surface area contributed by atoms with Gasteiger partial charge in [-0.3, -0.25) is 0 Å². The van der Waals surface area contributed by atoms with E-state index in [1.54, 1.807) is 6.20 Å². The number of anilines is 1. The van der Waals surface area contributed by atoms with E-state index in [1.165, 1.54) is 6.33 Å². The van der Waals surface area contributed by atoms with Crippen molar-refractivity contribution < 1.29 is 9.84 Å². The highest BCUT2D eigenvalue weighted by Gasteiger charge is 2.59. The van der Waals surface area contributed by atoms with Gasteiger partial charge in [0.15, 0.2) is 0 Å². The van der Waals surface area contributed by atoms with Gasteiger partial charge in [-0.1, -0.05) is 13.8 Å². The zero-order chi connectivity index (χ0) is 14.1. The number of ether oxygens (including phenoxy) is 1. The molecular weight excluding hydrogens is 310 g/mol. The van der Waals surface area contributed by atoms with Gasteiger partial charge in [0.2, 0.25) is 0 Å². The molecule has 0 saturated heterocycles. The van der Waals surface area contributed by atoms with E-state index in [9.17, 15) is 5.11 Å². The molecule has 2 atom stereocenters. The molecule has 0 amide bonds. The van der Waals surface area contributed by atoms with Crippen LogP contribution in [0.15, 0.2) is 17.0 Å². The lowest BCUT2D eigenvalue weighted by molar-refractivity contribution is -0.233. The van der Waals surface area contributed by atoms with Crippen LogP contribution in [-0.4, -0.2) is 39.9 Å². The van der Waals surface area contributed by atoms with Crippen LogP contribution in [0.2, 0.25) is 0 Å². The molecule has 1 saturated carbocycles. The topological polar surface area (TPSA) is 67.3 Å². The fraction of sp³-hybridized carbons (Fsp3) is 0.692. The largest absolute Gasteiger partial charge is 0.387 e. The van der Waals surface area contributed by atoms with E-state index in [2.05, 4.69) is 31.2 Å². The summed E-state index contributed by atoms with van der Waals surface area (Å²) in [6.45, 7) is 7.17. The van der Waals surface area contributed by atoms with Crippen LogP contribution in [0.5, 0.6) is 0 Å². The van der Waals surface area contributed by atoms with Gasteiger partial charge in [0.05, 0.1) is 16.2 Å². The standard InChI is InChI=1S/C13H20BrN3O2/c1-4-19-10-5-13(18,12(10,2)3)7-16-11-9(14)6-15-8-17-11/h6,8,10,18H,4-5,7H2,1-3H3,(H,15,16,17). The molecule has 6 heteroatoms. The molecule has 19 heavy (non-hydrogen) atoms. The van der Waals surface area contributed by atoms with Crippen LogP contribution < -0.4 is 5.32 Å². The summed E-state index contributed by atoms with van der Waals surface area (Å²) >= 11 is 3.38. The molecule has 2 rings (SSSR count). The van der Waals surface area contributed by atoms with Crippen molar-refractivity contribution in [1.82, 2.24) is 9.97 Å². The first kappa shape index (κ1) is 14.7. The predicted octanol–water partition coefficient (Wildman–Crippen LogP) is 2.22. The van der Waals surface area contributed by atoms with E-state index >= 15 is 0 Å². The maximum atomic E-state index is 10.7. The van der Waals surface area contributed by atoms with Gasteiger partial charge in [-0.2, -0.15) is 0 Å². The van der Waals surface area contributed by atoms with E-state index in [4.69, 9.17) is 4.74 Å². The van der Waals surface area contributed by atoms with Crippen molar-refractivity contribution in [3.8, 4) is 0 Å². The van der Waals surface area contributed by atoms with Crippen molar-refractivity contribution in [2.24, 2.45) is 5.41 Å². The minimum Gasteiger partial charge on any atom is -0.387 e. The molecule has 1 aliphatic carbocycles. The Morgan fingerprint density at radius 3 is 2.89 bits per heavy atom. The molecular formula is C13H20BrN3O2. The van der Waals surface area contributed by atoms with Crippen LogP contribution in [0.4, 0.5) is 5.82 Å². The molecule has 0 radical (unpaired) electrons. The Kier molecular flexibility index (Phi) is 4.13. The third-order valence-electron chi connectivity index (χ3n) is 4.11. The van der Waals surface area contributed by atoms with Crippen LogP contribution in [0.3, 0.4) is 0 Å². The summed E-state index contributed by atoms with van der Waals surface area (Å²) in [4.78, 5) is 8.04. The van der Waals surface area contributed by atoms with Crippen molar-refractivity contribution in [2.45, 2.75) is 38.9 Å². The Bertz CT molecular complexity index is 455. The summed E-state index contributed by atoms with van der Waals surface area (Å²) < 4.78 is 6.43. The van der Waals surface area contributed by atoms with Crippen molar-refractivity contribution in [3.05, 3.63) is 17.0 Å². The van der Waals surface area contributed by atoms with E-state index in [-0.39, 0.29) is 11.5 Å². The molecule has 5 nitrogen and oxygen atoms in total. The summed E-state index contributed by atoms with van der Waals surface area (Å²) in [6.07, 6.45) is 3.90. The number of aliphatic hydroxyl groups is 1. The SMILES string of the molecule is CCOC1CC(O)(CNc2ncncc2Br)C1(C)C. The third kappa shape index (κ3) is 2.61. The molecule has 106 valence electrons. The highest BCUT2D eigenvalue weighted by Crippen LogP contribution is 2.51. The van der Waals surface area contributed by atoms with Gasteiger partial charge < -0.3 is 15.2 Å². The number of nitrogens with zero attached hydrogens (tertiary/aromatic N) is 2. The summed E-state index contributed by atoms with van der Waals surface area (Å²) in [6, 6.07) is 0. The van der Waals surface area contributed by atoms with Crippen LogP contribution in [-0.2, 0) is 4.74 Å². The molecule has 2 unspecified atom stereocenters. The Morgan fingerprint density at radius 2 is 2.32 bits per heavy atom. The predicted molar refractivity (Wildman–Crippen MR) is 77.0 cm³/mol. The van der Waals surface area contributed by atoms with Crippen LogP contribution in [0, 0.1) is 5.41 Å². The van der Waals surface area contributed by atoms with Crippen molar-refractivity contribution in [1.29, 1.82) is 0 Å². The number of halogens is 1. The molecule has 0 bridgehead atoms. The normalized spacial score (nSPS) is 28.8.